The van der Waals surface area contributed by atoms with Crippen LogP contribution in [0.25, 0.3) is 11.1 Å². The maximum Gasteiger partial charge on any atom is 0.417 e. The molecule has 0 atom stereocenters. The van der Waals surface area contributed by atoms with Gasteiger partial charge < -0.3 is 10.2 Å². The Hall–Kier alpha value is -1.42. The fourth-order valence-corrected chi connectivity index (χ4v) is 1.17. The number of anilines is 1. The highest BCUT2D eigenvalue weighted by atomic mass is 35.5. The van der Waals surface area contributed by atoms with E-state index in [-0.39, 0.29) is 0 Å². The third-order valence-corrected chi connectivity index (χ3v) is 1.91. The third-order valence-electron chi connectivity index (χ3n) is 1.58. The lowest BCUT2D eigenvalue weighted by Crippen LogP contribution is -1.94. The second kappa shape index (κ2) is 2.28. The number of nitrogens with one attached hydrogen (secondary N) is 1. The molecule has 2 aromatic rings. The van der Waals surface area contributed by atoms with Crippen molar-refractivity contribution in [3.05, 3.63) is 27.7 Å². The minimum atomic E-state index is -0.529. The van der Waals surface area contributed by atoms with Gasteiger partial charge in [-0.3, -0.25) is 4.98 Å². The zero-order valence-electron chi connectivity index (χ0n) is 5.93. The van der Waals surface area contributed by atoms with Crippen molar-refractivity contribution in [3.63, 3.8) is 0 Å². The number of oxazole rings is 1. The van der Waals surface area contributed by atoms with Crippen molar-refractivity contribution in [3.8, 4) is 0 Å². The van der Waals surface area contributed by atoms with E-state index in [1.165, 1.54) is 0 Å². The number of benzene rings is 1. The molecule has 0 aliphatic heterocycles. The molecule has 3 N–H and O–H groups in total. The molecule has 5 heteroatoms. The molecule has 0 unspecified atom stereocenters. The highest BCUT2D eigenvalue weighted by molar-refractivity contribution is 6.34. The van der Waals surface area contributed by atoms with Crippen LogP contribution in [0.1, 0.15) is 0 Å². The summed E-state index contributed by atoms with van der Waals surface area (Å²) in [5.74, 6) is -0.529. The van der Waals surface area contributed by atoms with Gasteiger partial charge in [-0.1, -0.05) is 11.6 Å². The molecular weight excluding hydrogens is 180 g/mol. The minimum absolute atomic E-state index is 0.333. The SMILES string of the molecule is Nc1c(Cl)ccc2oc(=O)[nH]c12. The van der Waals surface area contributed by atoms with Gasteiger partial charge in [-0.05, 0) is 12.1 Å². The number of aromatic nitrogens is 1. The van der Waals surface area contributed by atoms with Crippen LogP contribution in [0.4, 0.5) is 5.69 Å². The summed E-state index contributed by atoms with van der Waals surface area (Å²) in [4.78, 5) is 13.2. The first-order chi connectivity index (χ1) is 5.68. The van der Waals surface area contributed by atoms with Gasteiger partial charge in [0.2, 0.25) is 0 Å². The summed E-state index contributed by atoms with van der Waals surface area (Å²) in [6.45, 7) is 0. The Morgan fingerprint density at radius 2 is 2.25 bits per heavy atom. The second-order valence-corrected chi connectivity index (χ2v) is 2.76. The zero-order chi connectivity index (χ0) is 8.72. The second-order valence-electron chi connectivity index (χ2n) is 2.35. The van der Waals surface area contributed by atoms with Crippen LogP contribution < -0.4 is 11.5 Å². The molecule has 0 spiro atoms. The molecule has 0 radical (unpaired) electrons. The van der Waals surface area contributed by atoms with Crippen LogP contribution >= 0.6 is 11.6 Å². The van der Waals surface area contributed by atoms with Crippen molar-refractivity contribution in [2.24, 2.45) is 0 Å². The van der Waals surface area contributed by atoms with Crippen LogP contribution in [0, 0.1) is 0 Å². The largest absolute Gasteiger partial charge is 0.417 e. The highest BCUT2D eigenvalue weighted by Gasteiger charge is 2.06. The zero-order valence-corrected chi connectivity index (χ0v) is 6.68. The number of H-pyrrole nitrogens is 1. The van der Waals surface area contributed by atoms with E-state index in [0.29, 0.717) is 21.8 Å². The maximum absolute atomic E-state index is 10.7. The molecule has 4 nitrogen and oxygen atoms in total. The summed E-state index contributed by atoms with van der Waals surface area (Å²) in [5.41, 5.74) is 6.77. The van der Waals surface area contributed by atoms with Gasteiger partial charge in [-0.15, -0.1) is 0 Å². The van der Waals surface area contributed by atoms with Crippen molar-refractivity contribution < 1.29 is 4.42 Å². The molecular formula is C7H5ClN2O2. The van der Waals surface area contributed by atoms with Gasteiger partial charge in [-0.25, -0.2) is 4.79 Å². The summed E-state index contributed by atoms with van der Waals surface area (Å²) in [6, 6.07) is 3.17. The fraction of sp³-hybridized carbons (Fsp3) is 0. The van der Waals surface area contributed by atoms with E-state index in [0.717, 1.165) is 0 Å². The number of halogens is 1. The summed E-state index contributed by atoms with van der Waals surface area (Å²) in [5, 5.41) is 0.402. The van der Waals surface area contributed by atoms with E-state index >= 15 is 0 Å². The highest BCUT2D eigenvalue weighted by Crippen LogP contribution is 2.25. The van der Waals surface area contributed by atoms with Crippen LogP contribution in [0.5, 0.6) is 0 Å². The number of rotatable bonds is 0. The predicted molar refractivity (Wildman–Crippen MR) is 46.3 cm³/mol. The number of aromatic amines is 1. The molecule has 0 saturated heterocycles. The third kappa shape index (κ3) is 0.887. The van der Waals surface area contributed by atoms with Crippen LogP contribution in [0.15, 0.2) is 21.3 Å². The molecule has 0 bridgehead atoms. The Kier molecular flexibility index (Phi) is 1.38. The van der Waals surface area contributed by atoms with Gasteiger partial charge in [0.25, 0.3) is 0 Å². The Balaban J connectivity index is 2.99. The molecule has 0 fully saturated rings. The van der Waals surface area contributed by atoms with Crippen molar-refractivity contribution in [2.75, 3.05) is 5.73 Å². The molecule has 0 aliphatic rings. The van der Waals surface area contributed by atoms with Crippen molar-refractivity contribution in [1.29, 1.82) is 0 Å². The van der Waals surface area contributed by atoms with Crippen molar-refractivity contribution in [1.82, 2.24) is 4.98 Å². The van der Waals surface area contributed by atoms with Gasteiger partial charge in [0.05, 0.1) is 10.7 Å². The lowest BCUT2D eigenvalue weighted by Gasteiger charge is -1.95. The summed E-state index contributed by atoms with van der Waals surface area (Å²) in [6.07, 6.45) is 0. The molecule has 62 valence electrons. The van der Waals surface area contributed by atoms with E-state index < -0.39 is 5.76 Å². The molecule has 2 rings (SSSR count). The van der Waals surface area contributed by atoms with Crippen LogP contribution in [-0.2, 0) is 0 Å². The quantitative estimate of drug-likeness (QED) is 0.608. The number of hydrogen-bond donors (Lipinski definition) is 2. The number of nitrogens with two attached hydrogens (primary N) is 1. The number of hydrogen-bond acceptors (Lipinski definition) is 3. The van der Waals surface area contributed by atoms with E-state index in [1.807, 2.05) is 0 Å². The summed E-state index contributed by atoms with van der Waals surface area (Å²) in [7, 11) is 0. The maximum atomic E-state index is 10.7. The molecule has 1 aromatic heterocycles. The summed E-state index contributed by atoms with van der Waals surface area (Å²) < 4.78 is 4.75. The first kappa shape index (κ1) is 7.24. The van der Waals surface area contributed by atoms with Gasteiger partial charge in [0, 0.05) is 0 Å². The van der Waals surface area contributed by atoms with Crippen LogP contribution in [0.2, 0.25) is 5.02 Å². The first-order valence-corrected chi connectivity index (χ1v) is 3.63. The lowest BCUT2D eigenvalue weighted by molar-refractivity contribution is 0.555. The Morgan fingerprint density at radius 1 is 1.50 bits per heavy atom. The van der Waals surface area contributed by atoms with Gasteiger partial charge in [-0.2, -0.15) is 0 Å². The molecule has 0 saturated carbocycles. The lowest BCUT2D eigenvalue weighted by atomic mass is 10.3. The van der Waals surface area contributed by atoms with Gasteiger partial charge in [0.15, 0.2) is 5.58 Å². The van der Waals surface area contributed by atoms with Crippen LogP contribution in [-0.4, -0.2) is 4.98 Å². The van der Waals surface area contributed by atoms with Crippen molar-refractivity contribution in [2.45, 2.75) is 0 Å². The summed E-state index contributed by atoms with van der Waals surface area (Å²) >= 11 is 5.71. The molecule has 12 heavy (non-hydrogen) atoms. The normalized spacial score (nSPS) is 10.8. The molecule has 1 heterocycles. The molecule has 0 amide bonds. The standard InChI is InChI=1S/C7H5ClN2O2/c8-3-1-2-4-6(5(3)9)10-7(11)12-4/h1-2H,9H2,(H,10,11). The topological polar surface area (TPSA) is 72.0 Å². The van der Waals surface area contributed by atoms with Crippen LogP contribution in [0.3, 0.4) is 0 Å². The predicted octanol–water partition coefficient (Wildman–Crippen LogP) is 1.36. The molecule has 1 aromatic carbocycles. The fourth-order valence-electron chi connectivity index (χ4n) is 1.02. The average molecular weight is 185 g/mol. The average Bonchev–Trinajstić information content (AvgIpc) is 2.39. The minimum Gasteiger partial charge on any atom is -0.408 e. The smallest absolute Gasteiger partial charge is 0.408 e. The van der Waals surface area contributed by atoms with E-state index in [9.17, 15) is 4.79 Å². The first-order valence-electron chi connectivity index (χ1n) is 3.25. The van der Waals surface area contributed by atoms with Crippen molar-refractivity contribution >= 4 is 28.4 Å². The monoisotopic (exact) mass is 184 g/mol. The number of nitrogen functional groups attached to an aromatic ring is 1. The Morgan fingerprint density at radius 3 is 3.00 bits per heavy atom. The molecule has 0 aliphatic carbocycles. The van der Waals surface area contributed by atoms with E-state index in [1.54, 1.807) is 12.1 Å². The van der Waals surface area contributed by atoms with E-state index in [4.69, 9.17) is 21.8 Å². The number of fused-ring (bicyclic) bond motifs is 1. The van der Waals surface area contributed by atoms with E-state index in [2.05, 4.69) is 4.98 Å². The Labute approximate surface area is 71.9 Å². The Bertz CT molecular complexity index is 486. The van der Waals surface area contributed by atoms with Gasteiger partial charge >= 0.3 is 5.76 Å². The van der Waals surface area contributed by atoms with Gasteiger partial charge in [0.1, 0.15) is 5.52 Å².